The summed E-state index contributed by atoms with van der Waals surface area (Å²) < 4.78 is 0. The molecule has 5 nitrogen and oxygen atoms in total. The molecule has 0 fully saturated rings. The highest BCUT2D eigenvalue weighted by Gasteiger charge is 2.15. The van der Waals surface area contributed by atoms with E-state index in [-0.39, 0.29) is 5.91 Å². The fourth-order valence-electron chi connectivity index (χ4n) is 1.72. The zero-order valence-corrected chi connectivity index (χ0v) is 11.5. The van der Waals surface area contributed by atoms with Gasteiger partial charge in [0.2, 0.25) is 0 Å². The van der Waals surface area contributed by atoms with E-state index in [2.05, 4.69) is 15.3 Å². The van der Waals surface area contributed by atoms with Crippen LogP contribution in [0.1, 0.15) is 35.5 Å². The Hall–Kier alpha value is -2.27. The van der Waals surface area contributed by atoms with E-state index in [1.807, 2.05) is 24.3 Å². The number of amides is 1. The molecular weight excluding hydrogens is 254 g/mol. The molecule has 0 aliphatic rings. The first-order chi connectivity index (χ1) is 9.47. The number of nitrogens with one attached hydrogen (secondary N) is 1. The molecule has 0 aliphatic heterocycles. The Balaban J connectivity index is 1.96. The van der Waals surface area contributed by atoms with Crippen LogP contribution in [0, 0.1) is 0 Å². The molecule has 0 unspecified atom stereocenters. The van der Waals surface area contributed by atoms with Crippen molar-refractivity contribution in [3.05, 3.63) is 59.7 Å². The van der Waals surface area contributed by atoms with Gasteiger partial charge in [0.05, 0.1) is 11.8 Å². The zero-order valence-electron chi connectivity index (χ0n) is 11.5. The van der Waals surface area contributed by atoms with E-state index in [4.69, 9.17) is 0 Å². The minimum atomic E-state index is -0.860. The molecule has 0 aliphatic carbocycles. The molecule has 0 atom stereocenters. The fourth-order valence-corrected chi connectivity index (χ4v) is 1.72. The second kappa shape index (κ2) is 5.79. The van der Waals surface area contributed by atoms with Crippen LogP contribution in [0.3, 0.4) is 0 Å². The average Bonchev–Trinajstić information content (AvgIpc) is 2.45. The van der Waals surface area contributed by atoms with Crippen molar-refractivity contribution in [2.45, 2.75) is 26.0 Å². The number of hydrogen-bond acceptors (Lipinski definition) is 4. The molecule has 2 aromatic rings. The van der Waals surface area contributed by atoms with Gasteiger partial charge in [0, 0.05) is 18.9 Å². The number of aliphatic hydroxyl groups is 1. The Bertz CT molecular complexity index is 574. The normalized spacial score (nSPS) is 11.2. The highest BCUT2D eigenvalue weighted by atomic mass is 16.3. The molecule has 0 bridgehead atoms. The summed E-state index contributed by atoms with van der Waals surface area (Å²) in [5, 5.41) is 12.6. The van der Waals surface area contributed by atoms with Gasteiger partial charge in [-0.25, -0.2) is 4.98 Å². The van der Waals surface area contributed by atoms with E-state index < -0.39 is 5.60 Å². The van der Waals surface area contributed by atoms with Gasteiger partial charge in [-0.15, -0.1) is 0 Å². The van der Waals surface area contributed by atoms with Gasteiger partial charge < -0.3 is 10.4 Å². The molecule has 1 aromatic heterocycles. The van der Waals surface area contributed by atoms with Crippen molar-refractivity contribution in [1.29, 1.82) is 0 Å². The van der Waals surface area contributed by atoms with Crippen molar-refractivity contribution < 1.29 is 9.90 Å². The first-order valence-corrected chi connectivity index (χ1v) is 6.33. The first kappa shape index (κ1) is 14.1. The smallest absolute Gasteiger partial charge is 0.271 e. The van der Waals surface area contributed by atoms with Crippen LogP contribution in [0.15, 0.2) is 42.9 Å². The summed E-state index contributed by atoms with van der Waals surface area (Å²) in [6, 6.07) is 7.46. The summed E-state index contributed by atoms with van der Waals surface area (Å²) in [6.45, 7) is 3.87. The minimum Gasteiger partial charge on any atom is -0.386 e. The lowest BCUT2D eigenvalue weighted by molar-refractivity contribution is 0.0785. The first-order valence-electron chi connectivity index (χ1n) is 6.33. The Labute approximate surface area is 117 Å². The van der Waals surface area contributed by atoms with Gasteiger partial charge in [-0.1, -0.05) is 24.3 Å². The summed E-state index contributed by atoms with van der Waals surface area (Å²) >= 11 is 0. The van der Waals surface area contributed by atoms with E-state index in [0.717, 1.165) is 11.1 Å². The van der Waals surface area contributed by atoms with E-state index >= 15 is 0 Å². The maximum atomic E-state index is 11.8. The van der Waals surface area contributed by atoms with Crippen molar-refractivity contribution in [3.8, 4) is 0 Å². The summed E-state index contributed by atoms with van der Waals surface area (Å²) in [4.78, 5) is 19.6. The Morgan fingerprint density at radius 2 is 1.95 bits per heavy atom. The molecule has 1 heterocycles. The molecule has 0 saturated carbocycles. The maximum Gasteiger partial charge on any atom is 0.271 e. The summed E-state index contributed by atoms with van der Waals surface area (Å²) in [6.07, 6.45) is 4.42. The number of carbonyl (C=O) groups excluding carboxylic acids is 1. The second-order valence-electron chi connectivity index (χ2n) is 5.03. The molecule has 1 amide bonds. The van der Waals surface area contributed by atoms with Crippen molar-refractivity contribution in [2.75, 3.05) is 0 Å². The van der Waals surface area contributed by atoms with E-state index in [0.29, 0.717) is 12.2 Å². The second-order valence-corrected chi connectivity index (χ2v) is 5.03. The predicted molar refractivity (Wildman–Crippen MR) is 74.9 cm³/mol. The number of aromatic nitrogens is 2. The summed E-state index contributed by atoms with van der Waals surface area (Å²) in [5.74, 6) is -0.260. The topological polar surface area (TPSA) is 75.1 Å². The van der Waals surface area contributed by atoms with Crippen molar-refractivity contribution >= 4 is 5.91 Å². The number of rotatable bonds is 4. The zero-order chi connectivity index (χ0) is 14.6. The van der Waals surface area contributed by atoms with Crippen LogP contribution in [0.5, 0.6) is 0 Å². The average molecular weight is 271 g/mol. The Morgan fingerprint density at radius 1 is 1.25 bits per heavy atom. The van der Waals surface area contributed by atoms with Gasteiger partial charge in [-0.2, -0.15) is 0 Å². The van der Waals surface area contributed by atoms with Crippen molar-refractivity contribution in [1.82, 2.24) is 15.3 Å². The third-order valence-corrected chi connectivity index (χ3v) is 2.91. The third-order valence-electron chi connectivity index (χ3n) is 2.91. The van der Waals surface area contributed by atoms with E-state index in [9.17, 15) is 9.90 Å². The van der Waals surface area contributed by atoms with E-state index in [1.165, 1.54) is 18.6 Å². The standard InChI is InChI=1S/C15H17N3O2/c1-15(2,20)12-5-3-11(4-6-12)9-18-14(19)13-10-16-7-8-17-13/h3-8,10,20H,9H2,1-2H3,(H,18,19). The predicted octanol–water partition coefficient (Wildman–Crippen LogP) is 1.63. The molecular formula is C15H17N3O2. The molecule has 5 heteroatoms. The number of nitrogens with zero attached hydrogens (tertiary/aromatic N) is 2. The van der Waals surface area contributed by atoms with Gasteiger partial charge in [0.1, 0.15) is 5.69 Å². The van der Waals surface area contributed by atoms with Gasteiger partial charge in [0.25, 0.3) is 5.91 Å². The van der Waals surface area contributed by atoms with E-state index in [1.54, 1.807) is 13.8 Å². The molecule has 0 saturated heterocycles. The van der Waals surface area contributed by atoms with Crippen LogP contribution in [0.25, 0.3) is 0 Å². The molecule has 2 N–H and O–H groups in total. The molecule has 20 heavy (non-hydrogen) atoms. The molecule has 0 spiro atoms. The van der Waals surface area contributed by atoms with Gasteiger partial charge in [-0.3, -0.25) is 9.78 Å². The molecule has 2 rings (SSSR count). The number of carbonyl (C=O) groups is 1. The largest absolute Gasteiger partial charge is 0.386 e. The van der Waals surface area contributed by atoms with Crippen LogP contribution >= 0.6 is 0 Å². The van der Waals surface area contributed by atoms with Crippen molar-refractivity contribution in [2.24, 2.45) is 0 Å². The van der Waals surface area contributed by atoms with Gasteiger partial charge >= 0.3 is 0 Å². The van der Waals surface area contributed by atoms with Crippen LogP contribution in [0.4, 0.5) is 0 Å². The SMILES string of the molecule is CC(C)(O)c1ccc(CNC(=O)c2cnccn2)cc1. The Kier molecular flexibility index (Phi) is 4.10. The van der Waals surface area contributed by atoms with Gasteiger partial charge in [-0.05, 0) is 25.0 Å². The minimum absolute atomic E-state index is 0.260. The summed E-state index contributed by atoms with van der Waals surface area (Å²) in [5.41, 5.74) is 1.22. The lowest BCUT2D eigenvalue weighted by Crippen LogP contribution is -2.24. The van der Waals surface area contributed by atoms with Crippen LogP contribution in [-0.2, 0) is 12.1 Å². The van der Waals surface area contributed by atoms with Crippen LogP contribution in [-0.4, -0.2) is 21.0 Å². The quantitative estimate of drug-likeness (QED) is 0.886. The van der Waals surface area contributed by atoms with Gasteiger partial charge in [0.15, 0.2) is 0 Å². The molecule has 1 aromatic carbocycles. The maximum absolute atomic E-state index is 11.8. The molecule has 104 valence electrons. The monoisotopic (exact) mass is 271 g/mol. The van der Waals surface area contributed by atoms with Crippen LogP contribution in [0.2, 0.25) is 0 Å². The third kappa shape index (κ3) is 3.61. The van der Waals surface area contributed by atoms with Crippen molar-refractivity contribution in [3.63, 3.8) is 0 Å². The molecule has 0 radical (unpaired) electrons. The highest BCUT2D eigenvalue weighted by Crippen LogP contribution is 2.19. The summed E-state index contributed by atoms with van der Waals surface area (Å²) in [7, 11) is 0. The Morgan fingerprint density at radius 3 is 2.50 bits per heavy atom. The lowest BCUT2D eigenvalue weighted by atomic mass is 9.97. The highest BCUT2D eigenvalue weighted by molar-refractivity contribution is 5.91. The lowest BCUT2D eigenvalue weighted by Gasteiger charge is -2.17. The number of hydrogen-bond donors (Lipinski definition) is 2. The number of benzene rings is 1. The fraction of sp³-hybridized carbons (Fsp3) is 0.267. The van der Waals surface area contributed by atoms with Crippen LogP contribution < -0.4 is 5.32 Å².